The van der Waals surface area contributed by atoms with E-state index in [-0.39, 0.29) is 11.9 Å². The first kappa shape index (κ1) is 29.2. The average molecular weight is 473 g/mol. The number of hydrogen-bond donors (Lipinski definition) is 1. The Morgan fingerprint density at radius 1 is 0.697 bits per heavy atom. The van der Waals surface area contributed by atoms with Gasteiger partial charge in [-0.25, -0.2) is 0 Å². The van der Waals surface area contributed by atoms with Gasteiger partial charge in [-0.3, -0.25) is 0 Å². The van der Waals surface area contributed by atoms with Gasteiger partial charge < -0.3 is 21.3 Å². The van der Waals surface area contributed by atoms with Crippen molar-refractivity contribution in [2.24, 2.45) is 0 Å². The average Bonchev–Trinajstić information content (AvgIpc) is 2.90. The molecule has 0 aromatic heterocycles. The molecule has 0 amide bonds. The molecule has 6 heteroatoms. The van der Waals surface area contributed by atoms with Crippen LogP contribution in [0.5, 0.6) is 11.5 Å². The van der Waals surface area contributed by atoms with Gasteiger partial charge >= 0.3 is 15.1 Å². The molecule has 182 valence electrons. The maximum absolute atomic E-state index is 9.44. The topological polar surface area (TPSA) is 65.0 Å². The van der Waals surface area contributed by atoms with Crippen molar-refractivity contribution in [3.8, 4) is 22.6 Å². The highest BCUT2D eigenvalue weighted by atomic mass is 27.3. The van der Waals surface area contributed by atoms with Crippen LogP contribution in [0.3, 0.4) is 0 Å². The Balaban J connectivity index is 0.000000591. The van der Waals surface area contributed by atoms with Gasteiger partial charge in [-0.1, -0.05) is 0 Å². The molecule has 0 bridgehead atoms. The van der Waals surface area contributed by atoms with Crippen LogP contribution in [0.2, 0.25) is 0 Å². The second-order valence-electron chi connectivity index (χ2n) is 9.17. The highest BCUT2D eigenvalue weighted by molar-refractivity contribution is 6.39. The quantitative estimate of drug-likeness (QED) is 0.500. The summed E-state index contributed by atoms with van der Waals surface area (Å²) in [6.07, 6.45) is -0.167. The minimum Gasteiger partial charge on any atom is -0.587 e. The van der Waals surface area contributed by atoms with Crippen molar-refractivity contribution in [1.82, 2.24) is 0 Å². The second kappa shape index (κ2) is 12.0. The summed E-state index contributed by atoms with van der Waals surface area (Å²) in [6.45, 7) is 23.9. The van der Waals surface area contributed by atoms with Gasteiger partial charge in [-0.15, -0.1) is 0 Å². The Bertz CT molecular complexity index is 946. The number of carbonyl (C=O) groups excluding carboxylic acids is 1. The molecule has 5 nitrogen and oxygen atoms in total. The molecule has 1 heterocycles. The van der Waals surface area contributed by atoms with E-state index in [0.29, 0.717) is 0 Å². The molecule has 0 fully saturated rings. The van der Waals surface area contributed by atoms with Crippen LogP contribution in [0, 0.1) is 55.4 Å². The van der Waals surface area contributed by atoms with E-state index in [2.05, 4.69) is 55.4 Å². The summed E-state index contributed by atoms with van der Waals surface area (Å²) in [6, 6.07) is 0. The zero-order chi connectivity index (χ0) is 25.8. The fourth-order valence-corrected chi connectivity index (χ4v) is 4.98. The van der Waals surface area contributed by atoms with Gasteiger partial charge in [0.25, 0.3) is 0 Å². The van der Waals surface area contributed by atoms with E-state index in [0.717, 1.165) is 11.5 Å². The van der Waals surface area contributed by atoms with Gasteiger partial charge in [-0.05, 0) is 128 Å². The summed E-state index contributed by atoms with van der Waals surface area (Å²) in [7, 11) is 1.67. The Labute approximate surface area is 205 Å². The molecule has 0 atom stereocenters. The number of ketones is 1. The van der Waals surface area contributed by atoms with Crippen LogP contribution >= 0.6 is 0 Å². The summed E-state index contributed by atoms with van der Waals surface area (Å²) < 4.78 is 18.2. The molecule has 1 aliphatic rings. The zero-order valence-electron chi connectivity index (χ0n) is 22.7. The predicted octanol–water partition coefficient (Wildman–Crippen LogP) is 6.21. The van der Waals surface area contributed by atoms with Gasteiger partial charge in [0, 0.05) is 24.3 Å². The molecule has 0 radical (unpaired) electrons. The van der Waals surface area contributed by atoms with Crippen molar-refractivity contribution in [3.05, 3.63) is 44.5 Å². The van der Waals surface area contributed by atoms with Crippen molar-refractivity contribution in [2.45, 2.75) is 89.2 Å². The molecule has 2 aromatic carbocycles. The molecule has 3 rings (SSSR count). The smallest absolute Gasteiger partial charge is 0.587 e. The first-order chi connectivity index (χ1) is 15.2. The number of aliphatic hydroxyl groups excluding tert-OH is 1. The van der Waals surface area contributed by atoms with Crippen LogP contribution in [0.4, 0.5) is 0 Å². The lowest BCUT2D eigenvalue weighted by atomic mass is 9.84. The third-order valence-electron chi connectivity index (χ3n) is 6.13. The van der Waals surface area contributed by atoms with E-state index in [4.69, 9.17) is 16.5 Å². The Morgan fingerprint density at radius 2 is 0.939 bits per heavy atom. The monoisotopic (exact) mass is 472 g/mol. The van der Waals surface area contributed by atoms with Crippen molar-refractivity contribution in [3.63, 3.8) is 0 Å². The van der Waals surface area contributed by atoms with Gasteiger partial charge in [0.2, 0.25) is 0 Å². The molecule has 0 unspecified atom stereocenters. The minimum absolute atomic E-state index is 0.167. The molecule has 1 aliphatic heterocycles. The second-order valence-corrected chi connectivity index (χ2v) is 10.7. The molecule has 0 saturated heterocycles. The van der Waals surface area contributed by atoms with E-state index in [1.54, 1.807) is 21.0 Å². The third-order valence-corrected chi connectivity index (χ3v) is 7.37. The third kappa shape index (κ3) is 6.61. The maximum Gasteiger partial charge on any atom is 1.10 e. The summed E-state index contributed by atoms with van der Waals surface area (Å²) in [5, 5.41) is 8.06. The zero-order valence-corrected chi connectivity index (χ0v) is 23.9. The molecule has 2 aromatic rings. The first-order valence-electron chi connectivity index (χ1n) is 11.4. The van der Waals surface area contributed by atoms with Gasteiger partial charge in [-0.2, -0.15) is 0 Å². The highest BCUT2D eigenvalue weighted by Gasteiger charge is 2.44. The number of aliphatic hydroxyl groups is 1. The normalized spacial score (nSPS) is 11.7. The van der Waals surface area contributed by atoms with E-state index in [1.807, 2.05) is 0 Å². The highest BCUT2D eigenvalue weighted by Crippen LogP contribution is 2.49. The summed E-state index contributed by atoms with van der Waals surface area (Å²) >= 11 is -2.29. The fourth-order valence-electron chi connectivity index (χ4n) is 3.77. The number of fused-ring (bicyclic) bond motifs is 3. The molecule has 1 N–H and O–H groups in total. The number of Topliss-reactive ketones (excluding diaryl/α,β-unsaturated/α-hetero) is 1. The number of benzene rings is 2. The van der Waals surface area contributed by atoms with E-state index in [1.165, 1.54) is 69.5 Å². The molecular weight excluding hydrogens is 431 g/mol. The first-order valence-corrected chi connectivity index (χ1v) is 12.8. The predicted molar refractivity (Wildman–Crippen MR) is 138 cm³/mol. The van der Waals surface area contributed by atoms with Crippen molar-refractivity contribution in [2.75, 3.05) is 7.11 Å². The van der Waals surface area contributed by atoms with Crippen LogP contribution in [0.15, 0.2) is 0 Å². The molecule has 0 aliphatic carbocycles. The summed E-state index contributed by atoms with van der Waals surface area (Å²) in [4.78, 5) is 9.44. The Kier molecular flexibility index (Phi) is 10.6. The lowest BCUT2D eigenvalue weighted by Crippen LogP contribution is -2.32. The summed E-state index contributed by atoms with van der Waals surface area (Å²) in [5.41, 5.74) is 12.4. The lowest BCUT2D eigenvalue weighted by molar-refractivity contribution is -0.115. The van der Waals surface area contributed by atoms with Crippen molar-refractivity contribution in [1.29, 1.82) is 0 Å². The number of rotatable bonds is 1. The Morgan fingerprint density at radius 3 is 1.18 bits per heavy atom. The van der Waals surface area contributed by atoms with Crippen LogP contribution in [-0.4, -0.2) is 39.3 Å². The molecule has 33 heavy (non-hydrogen) atoms. The lowest BCUT2D eigenvalue weighted by Gasteiger charge is -2.23. The minimum atomic E-state index is -2.29. The maximum atomic E-state index is 9.44. The largest absolute Gasteiger partial charge is 1.10 e. The Hall–Kier alpha value is -1.84. The van der Waals surface area contributed by atoms with Gasteiger partial charge in [0.1, 0.15) is 5.78 Å². The van der Waals surface area contributed by atoms with Crippen LogP contribution < -0.4 is 7.58 Å². The summed E-state index contributed by atoms with van der Waals surface area (Å²) in [5.74, 6) is 2.03. The van der Waals surface area contributed by atoms with Crippen LogP contribution in [0.25, 0.3) is 11.1 Å². The number of carbonyl (C=O) groups is 1. The van der Waals surface area contributed by atoms with Gasteiger partial charge in [0.15, 0.2) is 0 Å². The SMILES string of the molecule is CC(C)=O.CC(C)O.C[O][Al]1[O]c2c(C)c(C)c(C)c(C)c2-c2c(C)c(C)c(C)c(C)c2[O]1. The number of hydrogen-bond acceptors (Lipinski definition) is 5. The molecule has 0 saturated carbocycles. The molecule has 0 spiro atoms. The van der Waals surface area contributed by atoms with Crippen LogP contribution in [0.1, 0.15) is 72.2 Å². The van der Waals surface area contributed by atoms with Crippen molar-refractivity contribution < 1.29 is 21.3 Å². The van der Waals surface area contributed by atoms with E-state index >= 15 is 0 Å². The van der Waals surface area contributed by atoms with Gasteiger partial charge in [0.05, 0.1) is 11.5 Å². The van der Waals surface area contributed by atoms with Crippen LogP contribution in [-0.2, 0) is 8.58 Å². The fraction of sp³-hybridized carbons (Fsp3) is 0.519. The standard InChI is InChI=1S/C20H26O2.C3H8O.C3H6O.CH3O.Al/c1-9-11(3)15(7)19(21)17(13(9)5)18-14(6)10(2)12(4)16(8)20(18)22;2*1-3(2)4;1-2;/h21-22H,1-8H3;3-4H,1-2H3;1-2H3;1H3;/q;;;-1;+3/p-2. The van der Waals surface area contributed by atoms with Crippen molar-refractivity contribution >= 4 is 20.9 Å². The van der Waals surface area contributed by atoms with E-state index < -0.39 is 15.1 Å². The molecular formula is C27H41AlO5. The van der Waals surface area contributed by atoms with E-state index in [9.17, 15) is 4.79 Å².